The Morgan fingerprint density at radius 2 is 1.87 bits per heavy atom. The first-order valence-electron chi connectivity index (χ1n) is 9.32. The number of anilines is 1. The highest BCUT2D eigenvalue weighted by Gasteiger charge is 2.37. The Kier molecular flexibility index (Phi) is 8.08. The smallest absolute Gasteiger partial charge is 0.573 e. The molecule has 12 heteroatoms. The van der Waals surface area contributed by atoms with Crippen molar-refractivity contribution in [3.8, 4) is 5.75 Å². The number of hydroxylamine groups is 1. The van der Waals surface area contributed by atoms with Gasteiger partial charge in [0.1, 0.15) is 5.75 Å². The lowest BCUT2D eigenvalue weighted by Gasteiger charge is -2.44. The summed E-state index contributed by atoms with van der Waals surface area (Å²) in [5.41, 5.74) is 2.85. The van der Waals surface area contributed by atoms with Gasteiger partial charge in [-0.1, -0.05) is 13.8 Å². The van der Waals surface area contributed by atoms with E-state index < -0.39 is 34.6 Å². The molecule has 1 aliphatic rings. The molecule has 1 aliphatic heterocycles. The lowest BCUT2D eigenvalue weighted by molar-refractivity contribution is -0.274. The molecule has 30 heavy (non-hydrogen) atoms. The number of hydrogen-bond donors (Lipinski definition) is 2. The Balaban J connectivity index is 2.12. The molecule has 1 saturated heterocycles. The molecular formula is C18H25F3N3O5S-. The molecular weight excluding hydrogens is 427 g/mol. The number of halogens is 3. The fraction of sp³-hybridized carbons (Fsp3) is 0.611. The molecule has 2 rings (SSSR count). The van der Waals surface area contributed by atoms with Gasteiger partial charge in [0.25, 0.3) is 0 Å². The van der Waals surface area contributed by atoms with Gasteiger partial charge in [0.2, 0.25) is 5.91 Å². The molecule has 0 spiro atoms. The molecule has 3 unspecified atom stereocenters. The fourth-order valence-corrected chi connectivity index (χ4v) is 4.83. The van der Waals surface area contributed by atoms with Crippen LogP contribution in [-0.4, -0.2) is 62.7 Å². The number of nitrogens with one attached hydrogen (secondary N) is 1. The first kappa shape index (κ1) is 24.4. The number of benzene rings is 1. The molecule has 2 N–H and O–H groups in total. The third-order valence-corrected chi connectivity index (χ3v) is 6.04. The van der Waals surface area contributed by atoms with E-state index in [1.165, 1.54) is 18.2 Å². The second-order valence-corrected chi connectivity index (χ2v) is 8.42. The molecule has 0 bridgehead atoms. The van der Waals surface area contributed by atoms with Gasteiger partial charge in [0.15, 0.2) is 0 Å². The summed E-state index contributed by atoms with van der Waals surface area (Å²) >= 11 is -2.58. The zero-order chi connectivity index (χ0) is 22.6. The normalized spacial score (nSPS) is 18.8. The van der Waals surface area contributed by atoms with Crippen LogP contribution in [0.4, 0.5) is 18.9 Å². The lowest BCUT2D eigenvalue weighted by Crippen LogP contribution is -2.57. The van der Waals surface area contributed by atoms with Crippen LogP contribution in [0.25, 0.3) is 0 Å². The standard InChI is InChI=1S/C18H26F3N3O5S/c1-11(2)15(16(25)22-26)17(30(27)28)24-8-6-23(7-9-24)14-5-4-13(10-12(14)3)29-18(19,20)21/h4-5,10-11,15,17,26H,6-9H2,1-3H3,(H,22,25)(H,27,28)/p-1. The van der Waals surface area contributed by atoms with E-state index in [4.69, 9.17) is 5.21 Å². The second-order valence-electron chi connectivity index (χ2n) is 7.42. The maximum absolute atomic E-state index is 12.4. The van der Waals surface area contributed by atoms with E-state index in [0.29, 0.717) is 31.7 Å². The highest BCUT2D eigenvalue weighted by Crippen LogP contribution is 2.30. The largest absolute Gasteiger partial charge is 0.771 e. The molecule has 0 aliphatic carbocycles. The zero-order valence-electron chi connectivity index (χ0n) is 16.8. The van der Waals surface area contributed by atoms with Gasteiger partial charge in [-0.05, 0) is 47.7 Å². The van der Waals surface area contributed by atoms with Crippen LogP contribution >= 0.6 is 0 Å². The van der Waals surface area contributed by atoms with Crippen LogP contribution in [0.15, 0.2) is 18.2 Å². The number of alkyl halides is 3. The predicted molar refractivity (Wildman–Crippen MR) is 103 cm³/mol. The molecule has 1 heterocycles. The molecule has 1 fully saturated rings. The van der Waals surface area contributed by atoms with E-state index in [9.17, 15) is 26.7 Å². The van der Waals surface area contributed by atoms with Crippen molar-refractivity contribution in [2.45, 2.75) is 32.5 Å². The number of nitrogens with zero attached hydrogens (tertiary/aromatic N) is 2. The number of hydrogen-bond acceptors (Lipinski definition) is 7. The third kappa shape index (κ3) is 6.06. The van der Waals surface area contributed by atoms with Crippen molar-refractivity contribution >= 4 is 22.7 Å². The topological polar surface area (TPSA) is 105 Å². The number of aryl methyl sites for hydroxylation is 1. The minimum absolute atomic E-state index is 0.306. The summed E-state index contributed by atoms with van der Waals surface area (Å²) in [6.45, 7) is 6.54. The van der Waals surface area contributed by atoms with Crippen LogP contribution < -0.4 is 15.1 Å². The first-order chi connectivity index (χ1) is 13.9. The zero-order valence-corrected chi connectivity index (χ0v) is 17.6. The van der Waals surface area contributed by atoms with Crippen LogP contribution in [0.5, 0.6) is 5.75 Å². The van der Waals surface area contributed by atoms with Gasteiger partial charge in [0.05, 0.1) is 11.3 Å². The highest BCUT2D eigenvalue weighted by atomic mass is 32.2. The second kappa shape index (κ2) is 9.94. The predicted octanol–water partition coefficient (Wildman–Crippen LogP) is 2.00. The molecule has 1 aromatic rings. The van der Waals surface area contributed by atoms with E-state index in [-0.39, 0.29) is 11.7 Å². The Morgan fingerprint density at radius 3 is 2.30 bits per heavy atom. The highest BCUT2D eigenvalue weighted by molar-refractivity contribution is 7.79. The third-order valence-electron chi connectivity index (χ3n) is 5.05. The Bertz CT molecular complexity index is 770. The van der Waals surface area contributed by atoms with Gasteiger partial charge >= 0.3 is 6.36 Å². The maximum atomic E-state index is 12.4. The average molecular weight is 452 g/mol. The minimum atomic E-state index is -4.77. The van der Waals surface area contributed by atoms with Crippen molar-refractivity contribution in [2.75, 3.05) is 31.1 Å². The van der Waals surface area contributed by atoms with E-state index in [1.807, 2.05) is 4.90 Å². The Morgan fingerprint density at radius 1 is 1.27 bits per heavy atom. The Hall–Kier alpha value is -1.89. The minimum Gasteiger partial charge on any atom is -0.771 e. The van der Waals surface area contributed by atoms with Crippen LogP contribution in [0.1, 0.15) is 19.4 Å². The number of rotatable bonds is 7. The number of ether oxygens (including phenoxy) is 1. The van der Waals surface area contributed by atoms with Gasteiger partial charge in [-0.15, -0.1) is 13.2 Å². The number of amides is 1. The van der Waals surface area contributed by atoms with E-state index in [2.05, 4.69) is 4.74 Å². The van der Waals surface area contributed by atoms with Crippen molar-refractivity contribution in [3.05, 3.63) is 23.8 Å². The molecule has 0 radical (unpaired) electrons. The summed E-state index contributed by atoms with van der Waals surface area (Å²) < 4.78 is 64.9. The molecule has 0 saturated carbocycles. The van der Waals surface area contributed by atoms with E-state index in [0.717, 1.165) is 5.69 Å². The SMILES string of the molecule is Cc1cc(OC(F)(F)F)ccc1N1CCN(C(C(C(=O)NO)C(C)C)S(=O)[O-])CC1. The fourth-order valence-electron chi connectivity index (χ4n) is 3.70. The number of piperazine rings is 1. The number of carbonyl (C=O) groups excluding carboxylic acids is 1. The summed E-state index contributed by atoms with van der Waals surface area (Å²) in [7, 11) is 0. The van der Waals surface area contributed by atoms with Crippen LogP contribution in [0, 0.1) is 18.8 Å². The van der Waals surface area contributed by atoms with Gasteiger partial charge < -0.3 is 14.2 Å². The van der Waals surface area contributed by atoms with Crippen LogP contribution in [0.3, 0.4) is 0 Å². The lowest BCUT2D eigenvalue weighted by atomic mass is 9.93. The molecule has 0 aromatic heterocycles. The quantitative estimate of drug-likeness (QED) is 0.370. The van der Waals surface area contributed by atoms with E-state index >= 15 is 0 Å². The summed E-state index contributed by atoms with van der Waals surface area (Å²) in [6.07, 6.45) is -4.77. The van der Waals surface area contributed by atoms with Crippen molar-refractivity contribution in [1.82, 2.24) is 10.4 Å². The maximum Gasteiger partial charge on any atom is 0.573 e. The van der Waals surface area contributed by atoms with Crippen LogP contribution in [-0.2, 0) is 15.9 Å². The molecule has 1 amide bonds. The summed E-state index contributed by atoms with van der Waals surface area (Å²) in [5.74, 6) is -2.36. The van der Waals surface area contributed by atoms with Gasteiger partial charge in [0, 0.05) is 31.9 Å². The Labute approximate surface area is 175 Å². The van der Waals surface area contributed by atoms with Crippen molar-refractivity contribution < 1.29 is 36.7 Å². The molecule has 1 aromatic carbocycles. The molecule has 3 atom stereocenters. The first-order valence-corrected chi connectivity index (χ1v) is 10.5. The van der Waals surface area contributed by atoms with Gasteiger partial charge in [-0.25, -0.2) is 5.48 Å². The van der Waals surface area contributed by atoms with Gasteiger partial charge in [-0.3, -0.25) is 19.1 Å². The summed E-state index contributed by atoms with van der Waals surface area (Å²) in [4.78, 5) is 15.6. The molecule has 170 valence electrons. The van der Waals surface area contributed by atoms with Crippen LogP contribution in [0.2, 0.25) is 0 Å². The van der Waals surface area contributed by atoms with Gasteiger partial charge in [-0.2, -0.15) is 0 Å². The summed E-state index contributed by atoms with van der Waals surface area (Å²) in [6, 6.07) is 4.06. The molecule has 8 nitrogen and oxygen atoms in total. The van der Waals surface area contributed by atoms with Crippen molar-refractivity contribution in [1.29, 1.82) is 0 Å². The van der Waals surface area contributed by atoms with E-state index in [1.54, 1.807) is 31.2 Å². The van der Waals surface area contributed by atoms with Crippen molar-refractivity contribution in [2.24, 2.45) is 11.8 Å². The summed E-state index contributed by atoms with van der Waals surface area (Å²) in [5, 5.41) is 7.88. The average Bonchev–Trinajstić information content (AvgIpc) is 2.64. The number of carbonyl (C=O) groups is 1. The monoisotopic (exact) mass is 452 g/mol. The van der Waals surface area contributed by atoms with Crippen molar-refractivity contribution in [3.63, 3.8) is 0 Å².